The van der Waals surface area contributed by atoms with Crippen LogP contribution in [0.2, 0.25) is 0 Å². The fourth-order valence-electron chi connectivity index (χ4n) is 2.66. The third-order valence-corrected chi connectivity index (χ3v) is 3.83. The minimum Gasteiger partial charge on any atom is -0.441 e. The van der Waals surface area contributed by atoms with E-state index < -0.39 is 6.10 Å². The number of rotatable bonds is 3. The van der Waals surface area contributed by atoms with Crippen molar-refractivity contribution in [3.8, 4) is 0 Å². The molecule has 4 rings (SSSR count). The lowest BCUT2D eigenvalue weighted by molar-refractivity contribution is -0.125. The van der Waals surface area contributed by atoms with E-state index in [-0.39, 0.29) is 5.91 Å². The van der Waals surface area contributed by atoms with Crippen LogP contribution in [-0.2, 0) is 9.63 Å². The summed E-state index contributed by atoms with van der Waals surface area (Å²) >= 11 is 0. The number of aromatic nitrogens is 1. The van der Waals surface area contributed by atoms with Crippen LogP contribution in [0.4, 0.5) is 5.69 Å². The Labute approximate surface area is 138 Å². The monoisotopic (exact) mass is 321 g/mol. The first-order valence-electron chi connectivity index (χ1n) is 7.65. The molecule has 6 heteroatoms. The van der Waals surface area contributed by atoms with E-state index in [4.69, 9.17) is 9.25 Å². The van der Waals surface area contributed by atoms with Gasteiger partial charge in [0.15, 0.2) is 11.5 Å². The van der Waals surface area contributed by atoms with Gasteiger partial charge in [-0.15, -0.1) is 0 Å². The second kappa shape index (κ2) is 5.81. The van der Waals surface area contributed by atoms with Gasteiger partial charge in [-0.05, 0) is 23.8 Å². The third kappa shape index (κ3) is 2.74. The number of aryl methyl sites for hydroxylation is 1. The maximum Gasteiger partial charge on any atom is 0.268 e. The van der Waals surface area contributed by atoms with E-state index >= 15 is 0 Å². The van der Waals surface area contributed by atoms with Crippen molar-refractivity contribution in [2.75, 3.05) is 5.32 Å². The van der Waals surface area contributed by atoms with Crippen LogP contribution in [-0.4, -0.2) is 22.7 Å². The summed E-state index contributed by atoms with van der Waals surface area (Å²) in [4.78, 5) is 21.9. The predicted molar refractivity (Wildman–Crippen MR) is 89.8 cm³/mol. The number of hydrogen-bond donors (Lipinski definition) is 1. The van der Waals surface area contributed by atoms with Crippen molar-refractivity contribution in [1.29, 1.82) is 0 Å². The maximum absolute atomic E-state index is 12.4. The number of carbonyl (C=O) groups is 1. The highest BCUT2D eigenvalue weighted by molar-refractivity contribution is 6.06. The number of oxazole rings is 1. The molecule has 24 heavy (non-hydrogen) atoms. The zero-order chi connectivity index (χ0) is 16.5. The summed E-state index contributed by atoms with van der Waals surface area (Å²) in [6.45, 7) is 1.78. The van der Waals surface area contributed by atoms with Crippen LogP contribution in [0.1, 0.15) is 17.9 Å². The predicted octanol–water partition coefficient (Wildman–Crippen LogP) is 3.27. The Kier molecular flexibility index (Phi) is 3.49. The minimum atomic E-state index is -0.630. The number of anilines is 1. The Hall–Kier alpha value is -3.15. The molecule has 0 saturated carbocycles. The molecule has 0 bridgehead atoms. The van der Waals surface area contributed by atoms with E-state index in [9.17, 15) is 4.79 Å². The quantitative estimate of drug-likeness (QED) is 0.803. The normalized spacial score (nSPS) is 16.7. The van der Waals surface area contributed by atoms with Crippen molar-refractivity contribution in [2.45, 2.75) is 19.4 Å². The molecular formula is C18H15N3O3. The maximum atomic E-state index is 12.4. The highest BCUT2D eigenvalue weighted by Crippen LogP contribution is 2.22. The van der Waals surface area contributed by atoms with E-state index in [1.165, 1.54) is 0 Å². The number of hydrogen-bond acceptors (Lipinski definition) is 5. The van der Waals surface area contributed by atoms with Crippen LogP contribution in [0, 0.1) is 6.92 Å². The van der Waals surface area contributed by atoms with Gasteiger partial charge in [0.2, 0.25) is 6.10 Å². The highest BCUT2D eigenvalue weighted by Gasteiger charge is 2.28. The lowest BCUT2D eigenvalue weighted by Gasteiger charge is -2.09. The van der Waals surface area contributed by atoms with E-state index in [1.54, 1.807) is 25.1 Å². The Morgan fingerprint density at radius 1 is 1.21 bits per heavy atom. The van der Waals surface area contributed by atoms with Crippen LogP contribution in [0.25, 0.3) is 11.1 Å². The number of benzene rings is 2. The fourth-order valence-corrected chi connectivity index (χ4v) is 2.66. The zero-order valence-electron chi connectivity index (χ0n) is 13.0. The molecule has 1 atom stereocenters. The Morgan fingerprint density at radius 2 is 2.04 bits per heavy atom. The smallest absolute Gasteiger partial charge is 0.268 e. The van der Waals surface area contributed by atoms with Gasteiger partial charge in [-0.3, -0.25) is 4.79 Å². The number of nitrogens with zero attached hydrogens (tertiary/aromatic N) is 2. The van der Waals surface area contributed by atoms with E-state index in [0.717, 1.165) is 11.3 Å². The average molecular weight is 321 g/mol. The lowest BCUT2D eigenvalue weighted by atomic mass is 10.0. The molecule has 120 valence electrons. The summed E-state index contributed by atoms with van der Waals surface area (Å²) in [7, 11) is 0. The SMILES string of the molecule is Cc1nc2cc(NC(=O)[C@H]3CC(c4ccccc4)=NO3)ccc2o1. The van der Waals surface area contributed by atoms with E-state index in [0.29, 0.717) is 29.1 Å². The topological polar surface area (TPSA) is 76.7 Å². The average Bonchev–Trinajstić information content (AvgIpc) is 3.21. The molecule has 6 nitrogen and oxygen atoms in total. The number of oxime groups is 1. The van der Waals surface area contributed by atoms with Crippen molar-refractivity contribution in [1.82, 2.24) is 4.98 Å². The molecular weight excluding hydrogens is 306 g/mol. The number of nitrogens with one attached hydrogen (secondary N) is 1. The van der Waals surface area contributed by atoms with Crippen molar-refractivity contribution < 1.29 is 14.0 Å². The van der Waals surface area contributed by atoms with Crippen LogP contribution in [0.15, 0.2) is 58.1 Å². The Balaban J connectivity index is 1.45. The van der Waals surface area contributed by atoms with E-state index in [2.05, 4.69) is 15.5 Å². The first-order valence-corrected chi connectivity index (χ1v) is 7.65. The summed E-state index contributed by atoms with van der Waals surface area (Å²) in [5.74, 6) is 0.359. The van der Waals surface area contributed by atoms with Crippen molar-refractivity contribution in [3.05, 3.63) is 60.0 Å². The summed E-state index contributed by atoms with van der Waals surface area (Å²) in [6, 6.07) is 15.0. The zero-order valence-corrected chi connectivity index (χ0v) is 13.0. The van der Waals surface area contributed by atoms with Crippen molar-refractivity contribution in [2.24, 2.45) is 5.16 Å². The van der Waals surface area contributed by atoms with Gasteiger partial charge in [-0.1, -0.05) is 35.5 Å². The standard InChI is InChI=1S/C18H15N3O3/c1-11-19-15-9-13(7-8-16(15)23-11)20-18(22)17-10-14(21-24-17)12-5-3-2-4-6-12/h2-9,17H,10H2,1H3,(H,20,22)/t17-/m1/s1. The molecule has 1 N–H and O–H groups in total. The van der Waals surface area contributed by atoms with Crippen molar-refractivity contribution in [3.63, 3.8) is 0 Å². The molecule has 0 spiro atoms. The molecule has 2 heterocycles. The van der Waals surface area contributed by atoms with Gasteiger partial charge in [-0.25, -0.2) is 4.98 Å². The Bertz CT molecular complexity index is 931. The van der Waals surface area contributed by atoms with Crippen LogP contribution in [0.5, 0.6) is 0 Å². The molecule has 3 aromatic rings. The molecule has 1 aliphatic rings. The lowest BCUT2D eigenvalue weighted by Crippen LogP contribution is -2.28. The van der Waals surface area contributed by atoms with Gasteiger partial charge in [0.05, 0.1) is 5.71 Å². The van der Waals surface area contributed by atoms with Crippen LogP contribution in [0.3, 0.4) is 0 Å². The number of carbonyl (C=O) groups excluding carboxylic acids is 1. The van der Waals surface area contributed by atoms with Gasteiger partial charge in [0, 0.05) is 19.0 Å². The molecule has 1 aromatic heterocycles. The number of fused-ring (bicyclic) bond motifs is 1. The molecule has 1 amide bonds. The molecule has 0 radical (unpaired) electrons. The van der Waals surface area contributed by atoms with Gasteiger partial charge >= 0.3 is 0 Å². The van der Waals surface area contributed by atoms with Crippen LogP contribution >= 0.6 is 0 Å². The first kappa shape index (κ1) is 14.4. The van der Waals surface area contributed by atoms with Gasteiger partial charge in [0.1, 0.15) is 5.52 Å². The Morgan fingerprint density at radius 3 is 2.88 bits per heavy atom. The molecule has 0 unspecified atom stereocenters. The molecule has 2 aromatic carbocycles. The second-order valence-electron chi connectivity index (χ2n) is 5.61. The molecule has 0 fully saturated rings. The molecule has 1 aliphatic heterocycles. The largest absolute Gasteiger partial charge is 0.441 e. The third-order valence-electron chi connectivity index (χ3n) is 3.83. The van der Waals surface area contributed by atoms with Crippen LogP contribution < -0.4 is 5.32 Å². The molecule has 0 saturated heterocycles. The fraction of sp³-hybridized carbons (Fsp3) is 0.167. The van der Waals surface area contributed by atoms with Gasteiger partial charge < -0.3 is 14.6 Å². The molecule has 0 aliphatic carbocycles. The summed E-state index contributed by atoms with van der Waals surface area (Å²) in [6.07, 6.45) is -0.184. The van der Waals surface area contributed by atoms with Gasteiger partial charge in [-0.2, -0.15) is 0 Å². The summed E-state index contributed by atoms with van der Waals surface area (Å²) in [5.41, 5.74) is 3.79. The first-order chi connectivity index (χ1) is 11.7. The summed E-state index contributed by atoms with van der Waals surface area (Å²) in [5, 5.41) is 6.87. The second-order valence-corrected chi connectivity index (χ2v) is 5.61. The van der Waals surface area contributed by atoms with Crippen molar-refractivity contribution >= 4 is 28.4 Å². The highest BCUT2D eigenvalue weighted by atomic mass is 16.6. The number of amides is 1. The van der Waals surface area contributed by atoms with E-state index in [1.807, 2.05) is 30.3 Å². The van der Waals surface area contributed by atoms with Gasteiger partial charge in [0.25, 0.3) is 5.91 Å². The summed E-state index contributed by atoms with van der Waals surface area (Å²) < 4.78 is 5.42. The minimum absolute atomic E-state index is 0.232.